The molecule has 0 saturated carbocycles. The number of carbonyl (C=O) groups is 6. The van der Waals surface area contributed by atoms with Crippen molar-refractivity contribution in [2.24, 2.45) is 27.9 Å². The van der Waals surface area contributed by atoms with Crippen LogP contribution in [-0.4, -0.2) is 93.7 Å². The van der Waals surface area contributed by atoms with Crippen LogP contribution in [-0.2, 0) is 28.8 Å². The van der Waals surface area contributed by atoms with E-state index in [1.165, 1.54) is 6.92 Å². The summed E-state index contributed by atoms with van der Waals surface area (Å²) in [4.78, 5) is 75.0. The van der Waals surface area contributed by atoms with Gasteiger partial charge in [-0.25, -0.2) is 4.79 Å². The van der Waals surface area contributed by atoms with E-state index < -0.39 is 85.1 Å². The number of nitrogens with one attached hydrogen (secondary N) is 3. The topological polar surface area (TPSA) is 316 Å². The molecule has 5 atom stereocenters. The highest BCUT2D eigenvalue weighted by Gasteiger charge is 2.31. The van der Waals surface area contributed by atoms with Crippen molar-refractivity contribution < 1.29 is 44.1 Å². The maximum absolute atomic E-state index is 12.9. The Bertz CT molecular complexity index is 845. The molecular weight excluding hydrogens is 484 g/mol. The van der Waals surface area contributed by atoms with Gasteiger partial charge in [0, 0.05) is 13.0 Å². The van der Waals surface area contributed by atoms with E-state index in [1.807, 2.05) is 5.32 Å². The highest BCUT2D eigenvalue weighted by Crippen LogP contribution is 2.05. The number of aliphatic imine (C=N–C) groups is 1. The fourth-order valence-corrected chi connectivity index (χ4v) is 2.74. The maximum atomic E-state index is 12.9. The van der Waals surface area contributed by atoms with Crippen LogP contribution in [0.5, 0.6) is 0 Å². The zero-order chi connectivity index (χ0) is 28.0. The second kappa shape index (κ2) is 15.8. The maximum Gasteiger partial charge on any atom is 0.326 e. The molecule has 0 aliphatic heterocycles. The van der Waals surface area contributed by atoms with Gasteiger partial charge in [0.25, 0.3) is 0 Å². The van der Waals surface area contributed by atoms with Gasteiger partial charge in [-0.15, -0.1) is 0 Å². The summed E-state index contributed by atoms with van der Waals surface area (Å²) >= 11 is 0. The molecule has 14 N–H and O–H groups in total. The first-order chi connectivity index (χ1) is 16.6. The monoisotopic (exact) mass is 518 g/mol. The molecule has 0 fully saturated rings. The lowest BCUT2D eigenvalue weighted by Gasteiger charge is -2.25. The second-order valence-electron chi connectivity index (χ2n) is 7.84. The lowest BCUT2D eigenvalue weighted by molar-refractivity contribution is -0.144. The quantitative estimate of drug-likeness (QED) is 0.0491. The van der Waals surface area contributed by atoms with E-state index in [4.69, 9.17) is 28.0 Å². The van der Waals surface area contributed by atoms with Crippen LogP contribution in [0.15, 0.2) is 4.99 Å². The van der Waals surface area contributed by atoms with Gasteiger partial charge in [-0.1, -0.05) is 0 Å². The van der Waals surface area contributed by atoms with Gasteiger partial charge in [0.05, 0.1) is 12.5 Å². The van der Waals surface area contributed by atoms with Crippen LogP contribution >= 0.6 is 0 Å². The van der Waals surface area contributed by atoms with Crippen LogP contribution in [0.2, 0.25) is 0 Å². The third-order valence-electron chi connectivity index (χ3n) is 4.70. The first-order valence-corrected chi connectivity index (χ1v) is 10.8. The molecule has 17 nitrogen and oxygen atoms in total. The number of amides is 4. The highest BCUT2D eigenvalue weighted by atomic mass is 16.4. The van der Waals surface area contributed by atoms with E-state index in [0.29, 0.717) is 0 Å². The molecule has 0 aromatic heterocycles. The van der Waals surface area contributed by atoms with Gasteiger partial charge in [-0.2, -0.15) is 0 Å². The predicted molar refractivity (Wildman–Crippen MR) is 124 cm³/mol. The zero-order valence-electron chi connectivity index (χ0n) is 19.7. The molecule has 17 heteroatoms. The Hall–Kier alpha value is -3.99. The standard InChI is InChI=1S/C19H34N8O9/c1-8(28)14(21)17(34)26-9(3-2-6-24-19(22)23)15(32)25-10(4-5-13(30)31)16(33)27-11(18(35)36)7-12(20)29/h8-11,14,28H,2-7,21H2,1H3,(H2,20,29)(H,25,32)(H,26,34)(H,27,33)(H,30,31)(H,35,36)(H4,22,23,24). The molecule has 0 bridgehead atoms. The van der Waals surface area contributed by atoms with Crippen molar-refractivity contribution in [3.05, 3.63) is 0 Å². The van der Waals surface area contributed by atoms with E-state index in [1.54, 1.807) is 0 Å². The van der Waals surface area contributed by atoms with E-state index >= 15 is 0 Å². The average Bonchev–Trinajstić information content (AvgIpc) is 2.76. The molecule has 0 aliphatic rings. The molecule has 5 unspecified atom stereocenters. The second-order valence-corrected chi connectivity index (χ2v) is 7.84. The molecule has 0 rings (SSSR count). The molecule has 0 aromatic rings. The minimum absolute atomic E-state index is 0.0480. The first-order valence-electron chi connectivity index (χ1n) is 10.8. The Morgan fingerprint density at radius 2 is 1.33 bits per heavy atom. The predicted octanol–water partition coefficient (Wildman–Crippen LogP) is -4.97. The number of nitrogens with zero attached hydrogens (tertiary/aromatic N) is 1. The molecule has 0 aromatic carbocycles. The van der Waals surface area contributed by atoms with Crippen LogP contribution in [0.3, 0.4) is 0 Å². The Labute approximate surface area is 206 Å². The number of aliphatic hydroxyl groups is 1. The molecule has 4 amide bonds. The summed E-state index contributed by atoms with van der Waals surface area (Å²) in [5.74, 6) is -7.02. The van der Waals surface area contributed by atoms with Gasteiger partial charge < -0.3 is 54.2 Å². The normalized spacial score (nSPS) is 14.8. The molecule has 0 saturated heterocycles. The summed E-state index contributed by atoms with van der Waals surface area (Å²) in [7, 11) is 0. The molecule has 0 spiro atoms. The fraction of sp³-hybridized carbons (Fsp3) is 0.632. The minimum atomic E-state index is -1.72. The number of nitrogens with two attached hydrogens (primary N) is 4. The van der Waals surface area contributed by atoms with Gasteiger partial charge in [0.15, 0.2) is 5.96 Å². The van der Waals surface area contributed by atoms with Gasteiger partial charge in [0.1, 0.15) is 24.2 Å². The fourth-order valence-electron chi connectivity index (χ4n) is 2.74. The van der Waals surface area contributed by atoms with Crippen molar-refractivity contribution in [1.82, 2.24) is 16.0 Å². The van der Waals surface area contributed by atoms with Gasteiger partial charge in [-0.05, 0) is 26.2 Å². The minimum Gasteiger partial charge on any atom is -0.481 e. The van der Waals surface area contributed by atoms with E-state index in [0.717, 1.165) is 0 Å². The van der Waals surface area contributed by atoms with E-state index in [2.05, 4.69) is 15.6 Å². The number of carboxylic acid groups (broad SMARTS) is 2. The van der Waals surface area contributed by atoms with Gasteiger partial charge in [0.2, 0.25) is 23.6 Å². The number of hydrogen-bond donors (Lipinski definition) is 10. The number of aliphatic carboxylic acids is 2. The van der Waals surface area contributed by atoms with E-state index in [9.17, 15) is 39.0 Å². The molecule has 36 heavy (non-hydrogen) atoms. The first kappa shape index (κ1) is 32.0. The van der Waals surface area contributed by atoms with Crippen LogP contribution in [0, 0.1) is 0 Å². The molecule has 0 radical (unpaired) electrons. The van der Waals surface area contributed by atoms with Crippen molar-refractivity contribution in [3.8, 4) is 0 Å². The van der Waals surface area contributed by atoms with Crippen molar-refractivity contribution in [2.75, 3.05) is 6.54 Å². The zero-order valence-corrected chi connectivity index (χ0v) is 19.7. The summed E-state index contributed by atoms with van der Waals surface area (Å²) in [6.45, 7) is 1.34. The van der Waals surface area contributed by atoms with Crippen molar-refractivity contribution in [1.29, 1.82) is 0 Å². The number of primary amides is 1. The summed E-state index contributed by atoms with van der Waals surface area (Å²) < 4.78 is 0. The Morgan fingerprint density at radius 1 is 0.833 bits per heavy atom. The van der Waals surface area contributed by atoms with Crippen LogP contribution in [0.4, 0.5) is 0 Å². The van der Waals surface area contributed by atoms with Gasteiger partial charge >= 0.3 is 11.9 Å². The summed E-state index contributed by atoms with van der Waals surface area (Å²) in [6, 6.07) is -5.96. The Balaban J connectivity index is 5.70. The van der Waals surface area contributed by atoms with Crippen LogP contribution < -0.4 is 38.9 Å². The number of hydrogen-bond acceptors (Lipinski definition) is 9. The largest absolute Gasteiger partial charge is 0.481 e. The SMILES string of the molecule is CC(O)C(N)C(=O)NC(CCCN=C(N)N)C(=O)NC(CCC(=O)O)C(=O)NC(CC(N)=O)C(=O)O. The summed E-state index contributed by atoms with van der Waals surface area (Å²) in [5.41, 5.74) is 21.0. The van der Waals surface area contributed by atoms with Crippen molar-refractivity contribution >= 4 is 41.5 Å². The Morgan fingerprint density at radius 3 is 1.78 bits per heavy atom. The van der Waals surface area contributed by atoms with Gasteiger partial charge in [-0.3, -0.25) is 29.0 Å². The number of rotatable bonds is 17. The molecule has 0 aliphatic carbocycles. The lowest BCUT2D eigenvalue weighted by atomic mass is 10.1. The highest BCUT2D eigenvalue weighted by molar-refractivity contribution is 5.95. The van der Waals surface area contributed by atoms with E-state index in [-0.39, 0.29) is 25.3 Å². The lowest BCUT2D eigenvalue weighted by Crippen LogP contribution is -2.58. The summed E-state index contributed by atoms with van der Waals surface area (Å²) in [6.07, 6.45) is -2.89. The molecule has 204 valence electrons. The third-order valence-corrected chi connectivity index (χ3v) is 4.70. The summed E-state index contributed by atoms with van der Waals surface area (Å²) in [5, 5.41) is 34.3. The number of aliphatic hydroxyl groups excluding tert-OH is 1. The third kappa shape index (κ3) is 13.0. The Kier molecular flexibility index (Phi) is 14.1. The smallest absolute Gasteiger partial charge is 0.326 e. The molecular formula is C19H34N8O9. The van der Waals surface area contributed by atoms with Crippen molar-refractivity contribution in [3.63, 3.8) is 0 Å². The number of guanidine groups is 1. The number of carbonyl (C=O) groups excluding carboxylic acids is 4. The van der Waals surface area contributed by atoms with Crippen LogP contribution in [0.25, 0.3) is 0 Å². The van der Waals surface area contributed by atoms with Crippen LogP contribution in [0.1, 0.15) is 39.0 Å². The average molecular weight is 519 g/mol. The molecule has 0 heterocycles. The van der Waals surface area contributed by atoms with Crippen molar-refractivity contribution in [2.45, 2.75) is 69.3 Å². The number of carboxylic acids is 2.